The maximum absolute atomic E-state index is 6.11. The molecular weight excluding hydrogens is 400 g/mol. The second-order valence-electron chi connectivity index (χ2n) is 7.28. The number of anilines is 5. The topological polar surface area (TPSA) is 75.2 Å². The minimum Gasteiger partial charge on any atom is -0.495 e. The van der Waals surface area contributed by atoms with Crippen molar-refractivity contribution in [1.82, 2.24) is 15.0 Å². The largest absolute Gasteiger partial charge is 0.495 e. The van der Waals surface area contributed by atoms with E-state index < -0.39 is 0 Å². The Morgan fingerprint density at radius 1 is 0.967 bits per heavy atom. The van der Waals surface area contributed by atoms with Gasteiger partial charge in [0.1, 0.15) is 17.4 Å². The van der Waals surface area contributed by atoms with E-state index in [9.17, 15) is 0 Å². The van der Waals surface area contributed by atoms with Crippen LogP contribution >= 0.6 is 11.6 Å². The van der Waals surface area contributed by atoms with Crippen molar-refractivity contribution in [1.29, 1.82) is 0 Å². The molecule has 1 aliphatic rings. The van der Waals surface area contributed by atoms with Crippen molar-refractivity contribution < 1.29 is 4.74 Å². The molecule has 156 valence electrons. The standard InChI is InChI=1S/C22H25ClN6O/c1-15-13-25-22(28-21(15)26-16-6-8-18(23)19(12-16)30-2)27-17-7-9-20(24-14-17)29-10-4-3-5-11-29/h6-9,12-14H,3-5,10-11H2,1-2H3,(H2,25,26,27,28). The predicted molar refractivity (Wildman–Crippen MR) is 122 cm³/mol. The summed E-state index contributed by atoms with van der Waals surface area (Å²) in [6.45, 7) is 4.10. The number of pyridine rings is 1. The summed E-state index contributed by atoms with van der Waals surface area (Å²) in [4.78, 5) is 15.9. The predicted octanol–water partition coefficient (Wildman–Crippen LogP) is 5.32. The Morgan fingerprint density at radius 3 is 2.50 bits per heavy atom. The van der Waals surface area contributed by atoms with Crippen LogP contribution in [-0.2, 0) is 0 Å². The molecule has 1 aliphatic heterocycles. The van der Waals surface area contributed by atoms with Crippen molar-refractivity contribution in [2.24, 2.45) is 0 Å². The average Bonchev–Trinajstić information content (AvgIpc) is 2.78. The molecule has 7 nitrogen and oxygen atoms in total. The summed E-state index contributed by atoms with van der Waals surface area (Å²) in [6.07, 6.45) is 7.37. The SMILES string of the molecule is COc1cc(Nc2nc(Nc3ccc(N4CCCCC4)nc3)ncc2C)ccc1Cl. The molecule has 1 saturated heterocycles. The zero-order valence-electron chi connectivity index (χ0n) is 17.2. The highest BCUT2D eigenvalue weighted by molar-refractivity contribution is 6.32. The first kappa shape index (κ1) is 20.2. The number of aryl methyl sites for hydroxylation is 1. The number of piperidine rings is 1. The van der Waals surface area contributed by atoms with Crippen molar-refractivity contribution in [3.8, 4) is 5.75 Å². The number of rotatable bonds is 6. The number of benzene rings is 1. The minimum atomic E-state index is 0.497. The van der Waals surface area contributed by atoms with Gasteiger partial charge in [0.15, 0.2) is 0 Å². The van der Waals surface area contributed by atoms with Gasteiger partial charge in [-0.25, -0.2) is 9.97 Å². The van der Waals surface area contributed by atoms with Crippen LogP contribution in [0.15, 0.2) is 42.7 Å². The monoisotopic (exact) mass is 424 g/mol. The van der Waals surface area contributed by atoms with Crippen molar-refractivity contribution in [2.75, 3.05) is 35.7 Å². The molecule has 0 radical (unpaired) electrons. The molecule has 0 amide bonds. The molecule has 30 heavy (non-hydrogen) atoms. The van der Waals surface area contributed by atoms with Gasteiger partial charge in [0.05, 0.1) is 24.0 Å². The molecule has 3 heterocycles. The zero-order valence-corrected chi connectivity index (χ0v) is 17.9. The van der Waals surface area contributed by atoms with Crippen LogP contribution in [0.1, 0.15) is 24.8 Å². The van der Waals surface area contributed by atoms with Gasteiger partial charge in [0, 0.05) is 36.6 Å². The Morgan fingerprint density at radius 2 is 1.77 bits per heavy atom. The van der Waals surface area contributed by atoms with Crippen LogP contribution in [0.5, 0.6) is 5.75 Å². The summed E-state index contributed by atoms with van der Waals surface area (Å²) < 4.78 is 5.28. The zero-order chi connectivity index (χ0) is 20.9. The molecule has 0 saturated carbocycles. The molecule has 1 fully saturated rings. The number of nitrogens with zero attached hydrogens (tertiary/aromatic N) is 4. The Hall–Kier alpha value is -3.06. The van der Waals surface area contributed by atoms with Crippen LogP contribution in [0.2, 0.25) is 5.02 Å². The summed E-state index contributed by atoms with van der Waals surface area (Å²) in [7, 11) is 1.59. The van der Waals surface area contributed by atoms with Gasteiger partial charge in [-0.05, 0) is 50.5 Å². The maximum atomic E-state index is 6.11. The normalized spacial score (nSPS) is 13.8. The summed E-state index contributed by atoms with van der Waals surface area (Å²) >= 11 is 6.11. The van der Waals surface area contributed by atoms with Gasteiger partial charge >= 0.3 is 0 Å². The van der Waals surface area contributed by atoms with Crippen molar-refractivity contribution >= 4 is 40.6 Å². The molecule has 0 aliphatic carbocycles. The molecule has 1 aromatic carbocycles. The fraction of sp³-hybridized carbons (Fsp3) is 0.318. The van der Waals surface area contributed by atoms with Crippen molar-refractivity contribution in [2.45, 2.75) is 26.2 Å². The van der Waals surface area contributed by atoms with E-state index in [-0.39, 0.29) is 0 Å². The fourth-order valence-electron chi connectivity index (χ4n) is 3.40. The first-order chi connectivity index (χ1) is 14.6. The summed E-state index contributed by atoms with van der Waals surface area (Å²) in [5, 5.41) is 7.09. The van der Waals surface area contributed by atoms with E-state index in [4.69, 9.17) is 16.3 Å². The highest BCUT2D eigenvalue weighted by Crippen LogP contribution is 2.29. The van der Waals surface area contributed by atoms with Crippen LogP contribution in [0.4, 0.5) is 29.0 Å². The molecule has 2 N–H and O–H groups in total. The highest BCUT2D eigenvalue weighted by Gasteiger charge is 2.12. The molecule has 0 spiro atoms. The molecule has 0 atom stereocenters. The number of halogens is 1. The summed E-state index contributed by atoms with van der Waals surface area (Å²) in [5.74, 6) is 2.82. The third kappa shape index (κ3) is 4.74. The number of aromatic nitrogens is 3. The highest BCUT2D eigenvalue weighted by atomic mass is 35.5. The van der Waals surface area contributed by atoms with E-state index in [0.717, 1.165) is 35.8 Å². The Kier molecular flexibility index (Phi) is 6.18. The van der Waals surface area contributed by atoms with E-state index in [1.165, 1.54) is 19.3 Å². The molecule has 2 aromatic heterocycles. The number of hydrogen-bond donors (Lipinski definition) is 2. The number of nitrogens with one attached hydrogen (secondary N) is 2. The molecule has 3 aromatic rings. The third-order valence-electron chi connectivity index (χ3n) is 5.07. The van der Waals surface area contributed by atoms with Gasteiger partial charge in [-0.3, -0.25) is 0 Å². The second kappa shape index (κ2) is 9.17. The van der Waals surface area contributed by atoms with E-state index in [0.29, 0.717) is 22.5 Å². The van der Waals surface area contributed by atoms with Crippen LogP contribution in [0.3, 0.4) is 0 Å². The first-order valence-corrected chi connectivity index (χ1v) is 10.4. The van der Waals surface area contributed by atoms with Crippen molar-refractivity contribution in [3.05, 3.63) is 53.3 Å². The first-order valence-electron chi connectivity index (χ1n) is 10.0. The van der Waals surface area contributed by atoms with Crippen LogP contribution < -0.4 is 20.3 Å². The molecule has 4 rings (SSSR count). The van der Waals surface area contributed by atoms with Gasteiger partial charge in [0.2, 0.25) is 5.95 Å². The van der Waals surface area contributed by atoms with Gasteiger partial charge in [-0.2, -0.15) is 4.98 Å². The lowest BCUT2D eigenvalue weighted by atomic mass is 10.1. The van der Waals surface area contributed by atoms with E-state index in [1.807, 2.05) is 37.4 Å². The summed E-state index contributed by atoms with van der Waals surface area (Å²) in [5.41, 5.74) is 2.60. The van der Waals surface area contributed by atoms with E-state index in [1.54, 1.807) is 19.4 Å². The smallest absolute Gasteiger partial charge is 0.229 e. The second-order valence-corrected chi connectivity index (χ2v) is 7.68. The average molecular weight is 425 g/mol. The van der Waals surface area contributed by atoms with Crippen LogP contribution in [-0.4, -0.2) is 35.2 Å². The maximum Gasteiger partial charge on any atom is 0.229 e. The molecule has 0 bridgehead atoms. The quantitative estimate of drug-likeness (QED) is 0.554. The lowest BCUT2D eigenvalue weighted by Crippen LogP contribution is -2.29. The number of ether oxygens (including phenoxy) is 1. The molecule has 8 heteroatoms. The van der Waals surface area contributed by atoms with Gasteiger partial charge < -0.3 is 20.3 Å². The van der Waals surface area contributed by atoms with Crippen LogP contribution in [0, 0.1) is 6.92 Å². The van der Waals surface area contributed by atoms with E-state index >= 15 is 0 Å². The third-order valence-corrected chi connectivity index (χ3v) is 5.38. The Balaban J connectivity index is 1.47. The lowest BCUT2D eigenvalue weighted by molar-refractivity contribution is 0.415. The van der Waals surface area contributed by atoms with E-state index in [2.05, 4.69) is 30.5 Å². The Bertz CT molecular complexity index is 1010. The Labute approximate surface area is 181 Å². The lowest BCUT2D eigenvalue weighted by Gasteiger charge is -2.27. The van der Waals surface area contributed by atoms with Crippen molar-refractivity contribution in [3.63, 3.8) is 0 Å². The van der Waals surface area contributed by atoms with Crippen LogP contribution in [0.25, 0.3) is 0 Å². The van der Waals surface area contributed by atoms with Gasteiger partial charge in [-0.15, -0.1) is 0 Å². The summed E-state index contributed by atoms with van der Waals surface area (Å²) in [6, 6.07) is 9.55. The molecular formula is C22H25ClN6O. The van der Waals surface area contributed by atoms with Gasteiger partial charge in [-0.1, -0.05) is 11.6 Å². The number of hydrogen-bond acceptors (Lipinski definition) is 7. The minimum absolute atomic E-state index is 0.497. The number of methoxy groups -OCH3 is 1. The van der Waals surface area contributed by atoms with Gasteiger partial charge in [0.25, 0.3) is 0 Å². The fourth-order valence-corrected chi connectivity index (χ4v) is 3.60. The molecule has 0 unspecified atom stereocenters.